The molecule has 0 saturated carbocycles. The molecule has 0 unspecified atom stereocenters. The number of benzene rings is 3. The number of carbonyl (C=O) groups is 1. The van der Waals surface area contributed by atoms with Gasteiger partial charge >= 0.3 is 5.97 Å². The second-order valence-corrected chi connectivity index (χ2v) is 7.48. The Morgan fingerprint density at radius 2 is 1.70 bits per heavy atom. The van der Waals surface area contributed by atoms with Gasteiger partial charge in [0.15, 0.2) is 0 Å². The Hall–Kier alpha value is -4.63. The van der Waals surface area contributed by atoms with Crippen molar-refractivity contribution in [2.45, 2.75) is 13.8 Å². The van der Waals surface area contributed by atoms with E-state index in [9.17, 15) is 14.9 Å². The van der Waals surface area contributed by atoms with Gasteiger partial charge in [-0.3, -0.25) is 4.79 Å². The van der Waals surface area contributed by atoms with Gasteiger partial charge in [0, 0.05) is 6.07 Å². The lowest BCUT2D eigenvalue weighted by molar-refractivity contribution is -0.129. The quantitative estimate of drug-likeness (QED) is 0.172. The van der Waals surface area contributed by atoms with Crippen LogP contribution >= 0.6 is 0 Å². The predicted octanol–water partition coefficient (Wildman–Crippen LogP) is 5.71. The lowest BCUT2D eigenvalue weighted by Gasteiger charge is -2.08. The van der Waals surface area contributed by atoms with Crippen LogP contribution in [0.15, 0.2) is 87.8 Å². The molecule has 0 aliphatic rings. The molecule has 1 aromatic heterocycles. The van der Waals surface area contributed by atoms with Crippen molar-refractivity contribution in [3.63, 3.8) is 0 Å². The minimum atomic E-state index is -0.808. The van der Waals surface area contributed by atoms with Crippen molar-refractivity contribution in [2.75, 3.05) is 0 Å². The van der Waals surface area contributed by atoms with Crippen LogP contribution in [-0.4, -0.2) is 5.97 Å². The van der Waals surface area contributed by atoms with Gasteiger partial charge in [0.1, 0.15) is 35.0 Å². The molecule has 0 radical (unpaired) electrons. The van der Waals surface area contributed by atoms with Crippen LogP contribution < -0.4 is 14.9 Å². The SMILES string of the molecule is Cc1cc(C)cc(Oc2coc3cc(OC(=O)C(C#N)=Cc4ccccc4)ccc3c2=O)c1. The van der Waals surface area contributed by atoms with Gasteiger partial charge in [0.25, 0.3) is 0 Å². The van der Waals surface area contributed by atoms with Crippen LogP contribution in [0.5, 0.6) is 17.2 Å². The van der Waals surface area contributed by atoms with E-state index in [4.69, 9.17) is 13.9 Å². The average Bonchev–Trinajstić information content (AvgIpc) is 2.79. The van der Waals surface area contributed by atoms with E-state index in [-0.39, 0.29) is 33.5 Å². The highest BCUT2D eigenvalue weighted by Gasteiger charge is 2.15. The van der Waals surface area contributed by atoms with Crippen molar-refractivity contribution in [3.8, 4) is 23.3 Å². The molecule has 0 aliphatic carbocycles. The third kappa shape index (κ3) is 5.00. The average molecular weight is 437 g/mol. The summed E-state index contributed by atoms with van der Waals surface area (Å²) < 4.78 is 16.6. The number of aryl methyl sites for hydroxylation is 2. The van der Waals surface area contributed by atoms with Gasteiger partial charge < -0.3 is 13.9 Å². The summed E-state index contributed by atoms with van der Waals surface area (Å²) in [7, 11) is 0. The molecular formula is C27H19NO5. The monoisotopic (exact) mass is 437 g/mol. The van der Waals surface area contributed by atoms with Crippen LogP contribution in [0, 0.1) is 25.2 Å². The smallest absolute Gasteiger partial charge is 0.354 e. The van der Waals surface area contributed by atoms with Crippen LogP contribution in [0.2, 0.25) is 0 Å². The summed E-state index contributed by atoms with van der Waals surface area (Å²) in [5, 5.41) is 9.61. The zero-order valence-electron chi connectivity index (χ0n) is 18.0. The fraction of sp³-hybridized carbons (Fsp3) is 0.0741. The third-order valence-electron chi connectivity index (χ3n) is 4.80. The summed E-state index contributed by atoms with van der Waals surface area (Å²) in [6.45, 7) is 3.89. The topological polar surface area (TPSA) is 89.5 Å². The van der Waals surface area contributed by atoms with Crippen molar-refractivity contribution in [1.82, 2.24) is 0 Å². The van der Waals surface area contributed by atoms with Gasteiger partial charge in [-0.25, -0.2) is 4.79 Å². The molecule has 0 N–H and O–H groups in total. The van der Waals surface area contributed by atoms with Crippen molar-refractivity contribution in [1.29, 1.82) is 5.26 Å². The molecule has 0 spiro atoms. The zero-order valence-corrected chi connectivity index (χ0v) is 18.0. The van der Waals surface area contributed by atoms with Gasteiger partial charge in [0.2, 0.25) is 11.2 Å². The Bertz CT molecular complexity index is 1460. The lowest BCUT2D eigenvalue weighted by Crippen LogP contribution is -2.10. The molecule has 162 valence electrons. The van der Waals surface area contributed by atoms with E-state index in [1.807, 2.05) is 44.2 Å². The fourth-order valence-electron chi connectivity index (χ4n) is 3.36. The van der Waals surface area contributed by atoms with Crippen molar-refractivity contribution in [2.24, 2.45) is 0 Å². The molecule has 1 heterocycles. The Kier molecular flexibility index (Phi) is 6.05. The van der Waals surface area contributed by atoms with E-state index in [1.165, 1.54) is 30.5 Å². The molecule has 0 aliphatic heterocycles. The first-order valence-electron chi connectivity index (χ1n) is 10.1. The minimum Gasteiger partial charge on any atom is -0.460 e. The first-order valence-corrected chi connectivity index (χ1v) is 10.1. The summed E-state index contributed by atoms with van der Waals surface area (Å²) >= 11 is 0. The molecule has 0 fully saturated rings. The van der Waals surface area contributed by atoms with E-state index in [1.54, 1.807) is 24.3 Å². The van der Waals surface area contributed by atoms with Crippen molar-refractivity contribution >= 4 is 23.0 Å². The molecule has 4 rings (SSSR count). The maximum Gasteiger partial charge on any atom is 0.354 e. The van der Waals surface area contributed by atoms with Crippen LogP contribution in [0.3, 0.4) is 0 Å². The van der Waals surface area contributed by atoms with Gasteiger partial charge in [-0.15, -0.1) is 0 Å². The van der Waals surface area contributed by atoms with Crippen LogP contribution in [-0.2, 0) is 4.79 Å². The summed E-state index contributed by atoms with van der Waals surface area (Å²) in [6.07, 6.45) is 2.67. The van der Waals surface area contributed by atoms with Gasteiger partial charge in [-0.2, -0.15) is 5.26 Å². The lowest BCUT2D eigenvalue weighted by atomic mass is 10.1. The number of fused-ring (bicyclic) bond motifs is 1. The Morgan fingerprint density at radius 3 is 2.39 bits per heavy atom. The first kappa shape index (κ1) is 21.6. The maximum absolute atomic E-state index is 12.8. The number of hydrogen-bond acceptors (Lipinski definition) is 6. The number of nitrogens with zero attached hydrogens (tertiary/aromatic N) is 1. The Balaban J connectivity index is 1.58. The van der Waals surface area contributed by atoms with Crippen molar-refractivity contribution < 1.29 is 18.7 Å². The van der Waals surface area contributed by atoms with Crippen LogP contribution in [0.25, 0.3) is 17.0 Å². The van der Waals surface area contributed by atoms with E-state index in [0.717, 1.165) is 11.1 Å². The molecule has 0 bridgehead atoms. The standard InChI is InChI=1S/C27H19NO5/c1-17-10-18(2)12-22(11-17)32-25-16-31-24-14-21(8-9-23(24)26(25)29)33-27(30)20(15-28)13-19-6-4-3-5-7-19/h3-14,16H,1-2H3. The minimum absolute atomic E-state index is 0.0507. The molecule has 3 aromatic carbocycles. The van der Waals surface area contributed by atoms with Crippen LogP contribution in [0.4, 0.5) is 0 Å². The van der Waals surface area contributed by atoms with E-state index in [0.29, 0.717) is 11.3 Å². The molecule has 0 atom stereocenters. The fourth-order valence-corrected chi connectivity index (χ4v) is 3.36. The van der Waals surface area contributed by atoms with E-state index in [2.05, 4.69) is 0 Å². The highest BCUT2D eigenvalue weighted by Crippen LogP contribution is 2.26. The zero-order chi connectivity index (χ0) is 23.4. The maximum atomic E-state index is 12.8. The second kappa shape index (κ2) is 9.25. The largest absolute Gasteiger partial charge is 0.460 e. The summed E-state index contributed by atoms with van der Waals surface area (Å²) in [4.78, 5) is 25.3. The number of hydrogen-bond donors (Lipinski definition) is 0. The van der Waals surface area contributed by atoms with Gasteiger partial charge in [-0.05, 0) is 60.9 Å². The number of rotatable bonds is 5. The highest BCUT2D eigenvalue weighted by molar-refractivity contribution is 5.99. The Labute approximate surface area is 189 Å². The molecule has 6 heteroatoms. The number of nitriles is 1. The normalized spacial score (nSPS) is 11.1. The van der Waals surface area contributed by atoms with Crippen molar-refractivity contribution in [3.05, 3.63) is 105 Å². The highest BCUT2D eigenvalue weighted by atomic mass is 16.5. The summed E-state index contributed by atoms with van der Waals surface area (Å²) in [5.41, 5.74) is 2.45. The molecule has 33 heavy (non-hydrogen) atoms. The first-order chi connectivity index (χ1) is 15.9. The van der Waals surface area contributed by atoms with E-state index < -0.39 is 5.97 Å². The number of esters is 1. The molecule has 4 aromatic rings. The number of carbonyl (C=O) groups excluding carboxylic acids is 1. The third-order valence-corrected chi connectivity index (χ3v) is 4.80. The van der Waals surface area contributed by atoms with Gasteiger partial charge in [-0.1, -0.05) is 36.4 Å². The molecular weight excluding hydrogens is 418 g/mol. The Morgan fingerprint density at radius 1 is 0.970 bits per heavy atom. The summed E-state index contributed by atoms with van der Waals surface area (Å²) in [5.74, 6) is -0.0700. The molecule has 0 saturated heterocycles. The van der Waals surface area contributed by atoms with Crippen LogP contribution in [0.1, 0.15) is 16.7 Å². The van der Waals surface area contributed by atoms with Gasteiger partial charge in [0.05, 0.1) is 5.39 Å². The van der Waals surface area contributed by atoms with E-state index >= 15 is 0 Å². The summed E-state index contributed by atoms with van der Waals surface area (Å²) in [6, 6.07) is 20.9. The molecule has 0 amide bonds. The predicted molar refractivity (Wildman–Crippen MR) is 124 cm³/mol. The second-order valence-electron chi connectivity index (χ2n) is 7.48. The molecule has 6 nitrogen and oxygen atoms in total. The number of ether oxygens (including phenoxy) is 2.